The molecular formula is C11H11ClO4S. The lowest BCUT2D eigenvalue weighted by Crippen LogP contribution is -2.45. The molecule has 1 aromatic rings. The van der Waals surface area contributed by atoms with Gasteiger partial charge in [-0.05, 0) is 24.1 Å². The summed E-state index contributed by atoms with van der Waals surface area (Å²) < 4.78 is 33.4. The second-order valence-corrected chi connectivity index (χ2v) is 7.21. The minimum absolute atomic E-state index is 0.196. The average Bonchev–Trinajstić information content (AvgIpc) is 2.53. The lowest BCUT2D eigenvalue weighted by atomic mass is 9.91. The molecule has 6 heteroatoms. The highest BCUT2D eigenvalue weighted by Crippen LogP contribution is 2.48. The highest BCUT2D eigenvalue weighted by Gasteiger charge is 2.47. The van der Waals surface area contributed by atoms with E-state index in [9.17, 15) is 8.42 Å². The molecule has 0 bridgehead atoms. The summed E-state index contributed by atoms with van der Waals surface area (Å²) in [5, 5.41) is 0. The standard InChI is InChI=1S/C11H11ClO4S/c12-17(13,14)7-8-2-3-9-10(6-8)16-11(15-9)4-1-5-11/h2-3,6H,1,4-5,7H2. The molecule has 92 valence electrons. The molecule has 1 fully saturated rings. The van der Waals surface area contributed by atoms with Crippen molar-refractivity contribution in [3.63, 3.8) is 0 Å². The van der Waals surface area contributed by atoms with Crippen LogP contribution in [0.5, 0.6) is 11.5 Å². The van der Waals surface area contributed by atoms with Crippen LogP contribution < -0.4 is 9.47 Å². The van der Waals surface area contributed by atoms with Crippen LogP contribution in [0, 0.1) is 0 Å². The van der Waals surface area contributed by atoms with Crippen LogP contribution in [-0.4, -0.2) is 14.2 Å². The highest BCUT2D eigenvalue weighted by molar-refractivity contribution is 8.13. The zero-order chi connectivity index (χ0) is 12.1. The van der Waals surface area contributed by atoms with E-state index in [1.807, 2.05) is 0 Å². The van der Waals surface area contributed by atoms with Gasteiger partial charge in [0.15, 0.2) is 11.5 Å². The van der Waals surface area contributed by atoms with Crippen molar-refractivity contribution in [2.75, 3.05) is 0 Å². The predicted molar refractivity (Wildman–Crippen MR) is 62.8 cm³/mol. The van der Waals surface area contributed by atoms with Gasteiger partial charge in [0.05, 0.1) is 5.75 Å². The van der Waals surface area contributed by atoms with Crippen molar-refractivity contribution in [3.05, 3.63) is 23.8 Å². The molecule has 1 spiro atoms. The molecular weight excluding hydrogens is 264 g/mol. The van der Waals surface area contributed by atoms with E-state index >= 15 is 0 Å². The maximum atomic E-state index is 11.0. The van der Waals surface area contributed by atoms with Crippen LogP contribution in [0.15, 0.2) is 18.2 Å². The Balaban J connectivity index is 1.87. The number of halogens is 1. The number of fused-ring (bicyclic) bond motifs is 1. The van der Waals surface area contributed by atoms with Crippen LogP contribution in [0.1, 0.15) is 24.8 Å². The first-order valence-corrected chi connectivity index (χ1v) is 7.87. The molecule has 0 atom stereocenters. The van der Waals surface area contributed by atoms with Gasteiger partial charge < -0.3 is 9.47 Å². The molecule has 1 aliphatic heterocycles. The Hall–Kier alpha value is -0.940. The Morgan fingerprint density at radius 1 is 1.24 bits per heavy atom. The van der Waals surface area contributed by atoms with Crippen LogP contribution in [0.3, 0.4) is 0 Å². The Morgan fingerprint density at radius 3 is 2.53 bits per heavy atom. The number of ether oxygens (including phenoxy) is 2. The number of hydrogen-bond acceptors (Lipinski definition) is 4. The first-order chi connectivity index (χ1) is 7.96. The van der Waals surface area contributed by atoms with E-state index in [-0.39, 0.29) is 5.75 Å². The van der Waals surface area contributed by atoms with Crippen LogP contribution >= 0.6 is 10.7 Å². The summed E-state index contributed by atoms with van der Waals surface area (Å²) >= 11 is 0. The van der Waals surface area contributed by atoms with E-state index in [0.717, 1.165) is 19.3 Å². The molecule has 1 aliphatic carbocycles. The smallest absolute Gasteiger partial charge is 0.251 e. The maximum absolute atomic E-state index is 11.0. The summed E-state index contributed by atoms with van der Waals surface area (Å²) in [6.45, 7) is 0. The molecule has 1 saturated carbocycles. The fourth-order valence-electron chi connectivity index (χ4n) is 2.10. The van der Waals surface area contributed by atoms with E-state index in [1.165, 1.54) is 0 Å². The number of benzene rings is 1. The highest BCUT2D eigenvalue weighted by atomic mass is 35.7. The van der Waals surface area contributed by atoms with E-state index in [1.54, 1.807) is 18.2 Å². The molecule has 0 unspecified atom stereocenters. The third-order valence-corrected chi connectivity index (χ3v) is 4.06. The first-order valence-electron chi connectivity index (χ1n) is 5.39. The summed E-state index contributed by atoms with van der Waals surface area (Å²) in [5.41, 5.74) is 0.610. The van der Waals surface area contributed by atoms with Gasteiger partial charge in [-0.1, -0.05) is 6.07 Å². The first kappa shape index (κ1) is 11.2. The van der Waals surface area contributed by atoms with Gasteiger partial charge in [-0.15, -0.1) is 0 Å². The van der Waals surface area contributed by atoms with E-state index in [4.69, 9.17) is 20.2 Å². The largest absolute Gasteiger partial charge is 0.448 e. The van der Waals surface area contributed by atoms with Gasteiger partial charge in [0, 0.05) is 23.5 Å². The lowest BCUT2D eigenvalue weighted by molar-refractivity contribution is -0.138. The van der Waals surface area contributed by atoms with Crippen molar-refractivity contribution in [2.24, 2.45) is 0 Å². The average molecular weight is 275 g/mol. The Morgan fingerprint density at radius 2 is 1.94 bits per heavy atom. The topological polar surface area (TPSA) is 52.6 Å². The zero-order valence-electron chi connectivity index (χ0n) is 8.98. The van der Waals surface area contributed by atoms with Gasteiger partial charge in [-0.25, -0.2) is 8.42 Å². The van der Waals surface area contributed by atoms with Crippen LogP contribution in [0.25, 0.3) is 0 Å². The molecule has 4 nitrogen and oxygen atoms in total. The van der Waals surface area contributed by atoms with Crippen molar-refractivity contribution in [3.8, 4) is 11.5 Å². The molecule has 1 heterocycles. The van der Waals surface area contributed by atoms with Gasteiger partial charge >= 0.3 is 0 Å². The minimum Gasteiger partial charge on any atom is -0.448 e. The van der Waals surface area contributed by atoms with Crippen LogP contribution in [-0.2, 0) is 14.8 Å². The lowest BCUT2D eigenvalue weighted by Gasteiger charge is -2.35. The molecule has 0 amide bonds. The Kier molecular flexibility index (Phi) is 2.32. The molecule has 17 heavy (non-hydrogen) atoms. The van der Waals surface area contributed by atoms with Gasteiger partial charge in [0.2, 0.25) is 9.05 Å². The van der Waals surface area contributed by atoms with E-state index < -0.39 is 14.8 Å². The molecule has 0 N–H and O–H groups in total. The van der Waals surface area contributed by atoms with Gasteiger partial charge in [0.25, 0.3) is 5.79 Å². The van der Waals surface area contributed by atoms with E-state index in [2.05, 4.69) is 0 Å². The van der Waals surface area contributed by atoms with Gasteiger partial charge in [-0.2, -0.15) is 0 Å². The fraction of sp³-hybridized carbons (Fsp3) is 0.455. The van der Waals surface area contributed by atoms with Gasteiger partial charge in [0.1, 0.15) is 0 Å². The molecule has 0 saturated heterocycles. The van der Waals surface area contributed by atoms with Crippen molar-refractivity contribution in [1.29, 1.82) is 0 Å². The van der Waals surface area contributed by atoms with Crippen molar-refractivity contribution >= 4 is 19.7 Å². The molecule has 0 aromatic heterocycles. The normalized spacial score (nSPS) is 20.3. The monoisotopic (exact) mass is 274 g/mol. The second-order valence-electron chi connectivity index (χ2n) is 4.43. The Bertz CT molecular complexity index is 563. The second kappa shape index (κ2) is 3.53. The van der Waals surface area contributed by atoms with Crippen molar-refractivity contribution in [1.82, 2.24) is 0 Å². The van der Waals surface area contributed by atoms with Crippen LogP contribution in [0.4, 0.5) is 0 Å². The molecule has 1 aromatic carbocycles. The molecule has 0 radical (unpaired) electrons. The molecule has 2 aliphatic rings. The SMILES string of the molecule is O=S(=O)(Cl)Cc1ccc2c(c1)OC1(CCC1)O2. The van der Waals surface area contributed by atoms with Crippen LogP contribution in [0.2, 0.25) is 0 Å². The minimum atomic E-state index is -3.54. The Labute approximate surface area is 104 Å². The van der Waals surface area contributed by atoms with E-state index in [0.29, 0.717) is 17.1 Å². The maximum Gasteiger partial charge on any atom is 0.251 e. The number of hydrogen-bond donors (Lipinski definition) is 0. The fourth-order valence-corrected chi connectivity index (χ4v) is 3.05. The summed E-state index contributed by atoms with van der Waals surface area (Å²) in [6, 6.07) is 5.11. The third-order valence-electron chi connectivity index (χ3n) is 3.05. The third kappa shape index (κ3) is 2.09. The van der Waals surface area contributed by atoms with Crippen molar-refractivity contribution < 1.29 is 17.9 Å². The molecule has 3 rings (SSSR count). The summed E-state index contributed by atoms with van der Waals surface area (Å²) in [6.07, 6.45) is 2.85. The quantitative estimate of drug-likeness (QED) is 0.777. The van der Waals surface area contributed by atoms with Crippen molar-refractivity contribution in [2.45, 2.75) is 30.8 Å². The summed E-state index contributed by atoms with van der Waals surface area (Å²) in [4.78, 5) is 0. The predicted octanol–water partition coefficient (Wildman–Crippen LogP) is 2.41. The number of rotatable bonds is 2. The summed E-state index contributed by atoms with van der Waals surface area (Å²) in [5.74, 6) is 0.613. The zero-order valence-corrected chi connectivity index (χ0v) is 10.6. The summed E-state index contributed by atoms with van der Waals surface area (Å²) in [7, 11) is 1.67. The van der Waals surface area contributed by atoms with Gasteiger partial charge in [-0.3, -0.25) is 0 Å².